The standard InChI is InChI=1S/C54H95N9O21/c1-37(33-64)50(78)59-39(20-16-18-27-63(31-47(73)74)32-48(75)76)51(79)61-42(35-66)54(82)62-41(34-65)53(81)60-40(23-24-46(71)72)52(80)58-38(49(55)77)19-15-17-25-56-44(68)36-84-30-29-83-28-26-57-43(67)21-13-11-9-7-5-3-2-4-6-8-10-12-14-22-45(69)70/h37-42,64-66H,2-36H2,1H3,(H2,55,77)(H,56,68)(H,57,67)(H,58,80)(H,59,78)(H,60,81)(H,61,79)(H,62,82)(H,69,70)(H,71,72)(H,73,74)(H,75,76)/t37-,38-,39-,40-,41-,42-/m0/s1. The van der Waals surface area contributed by atoms with Crippen LogP contribution in [0.2, 0.25) is 0 Å². The summed E-state index contributed by atoms with van der Waals surface area (Å²) in [5.41, 5.74) is 5.53. The van der Waals surface area contributed by atoms with Crippen LogP contribution < -0.4 is 43.0 Å². The normalized spacial score (nSPS) is 13.2. The zero-order valence-corrected chi connectivity index (χ0v) is 48.6. The van der Waals surface area contributed by atoms with Crippen molar-refractivity contribution in [3.8, 4) is 0 Å². The molecule has 16 N–H and O–H groups in total. The van der Waals surface area contributed by atoms with E-state index in [2.05, 4.69) is 37.2 Å². The lowest BCUT2D eigenvalue weighted by molar-refractivity contribution is -0.142. The highest BCUT2D eigenvalue weighted by Crippen LogP contribution is 2.14. The van der Waals surface area contributed by atoms with Crippen molar-refractivity contribution < 1.29 is 103 Å². The fourth-order valence-electron chi connectivity index (χ4n) is 8.24. The van der Waals surface area contributed by atoms with Crippen LogP contribution in [0.4, 0.5) is 0 Å². The van der Waals surface area contributed by atoms with Crippen molar-refractivity contribution in [3.05, 3.63) is 0 Å². The molecule has 0 spiro atoms. The van der Waals surface area contributed by atoms with Crippen molar-refractivity contribution in [2.75, 3.05) is 79.0 Å². The summed E-state index contributed by atoms with van der Waals surface area (Å²) >= 11 is 0. The zero-order valence-electron chi connectivity index (χ0n) is 48.6. The summed E-state index contributed by atoms with van der Waals surface area (Å²) in [6, 6.07) is -8.08. The molecule has 0 radical (unpaired) electrons. The summed E-state index contributed by atoms with van der Waals surface area (Å²) in [6.07, 6.45) is 14.2. The quantitative estimate of drug-likeness (QED) is 0.0305. The number of hydrogen-bond acceptors (Lipinski definition) is 18. The lowest BCUT2D eigenvalue weighted by Gasteiger charge is -2.26. The minimum absolute atomic E-state index is 0.0234. The predicted octanol–water partition coefficient (Wildman–Crippen LogP) is -1.61. The van der Waals surface area contributed by atoms with Gasteiger partial charge in [-0.1, -0.05) is 77.6 Å². The van der Waals surface area contributed by atoms with Crippen LogP contribution in [0.5, 0.6) is 0 Å². The Morgan fingerprint density at radius 3 is 1.31 bits per heavy atom. The van der Waals surface area contributed by atoms with E-state index in [-0.39, 0.29) is 83.9 Å². The number of ether oxygens (including phenoxy) is 2. The molecule has 84 heavy (non-hydrogen) atoms. The Morgan fingerprint density at radius 1 is 0.405 bits per heavy atom. The van der Waals surface area contributed by atoms with Crippen LogP contribution in [-0.4, -0.2) is 221 Å². The van der Waals surface area contributed by atoms with E-state index in [1.54, 1.807) is 0 Å². The largest absolute Gasteiger partial charge is 0.481 e. The Hall–Kier alpha value is -6.60. The number of primary amides is 1. The molecule has 0 aromatic rings. The zero-order chi connectivity index (χ0) is 63.1. The highest BCUT2D eigenvalue weighted by Gasteiger charge is 2.33. The predicted molar refractivity (Wildman–Crippen MR) is 300 cm³/mol. The number of carboxylic acids is 4. The molecule has 30 nitrogen and oxygen atoms in total. The Bertz CT molecular complexity index is 1990. The second kappa shape index (κ2) is 48.7. The molecule has 0 rings (SSSR count). The SMILES string of the molecule is C[C@@H](CO)C(=O)N[C@@H](CCCCN(CC(=O)O)CC(=O)O)C(=O)N[C@@H](CO)C(=O)N[C@@H](CO)C(=O)N[C@@H](CCC(=O)O)C(=O)N[C@@H](CCCCNC(=O)COCCOCCNC(=O)CCCCCCCCCCCCCCCC(=O)O)C(N)=O. The number of unbranched alkanes of at least 4 members (excludes halogenated alkanes) is 14. The van der Waals surface area contributed by atoms with Gasteiger partial charge in [0.15, 0.2) is 0 Å². The number of nitrogens with two attached hydrogens (primary N) is 1. The Kier molecular flexibility index (Phi) is 44.9. The van der Waals surface area contributed by atoms with Gasteiger partial charge in [0.25, 0.3) is 0 Å². The van der Waals surface area contributed by atoms with Crippen molar-refractivity contribution in [2.24, 2.45) is 11.7 Å². The summed E-state index contributed by atoms with van der Waals surface area (Å²) in [6.45, 7) is -1.86. The van der Waals surface area contributed by atoms with E-state index in [0.29, 0.717) is 19.4 Å². The number of aliphatic carboxylic acids is 4. The summed E-state index contributed by atoms with van der Waals surface area (Å²) in [4.78, 5) is 148. The van der Waals surface area contributed by atoms with Crippen LogP contribution in [0.3, 0.4) is 0 Å². The first-order valence-corrected chi connectivity index (χ1v) is 29.0. The molecule has 0 bridgehead atoms. The van der Waals surface area contributed by atoms with Gasteiger partial charge in [-0.2, -0.15) is 0 Å². The molecule has 0 aliphatic rings. The molecule has 0 aliphatic carbocycles. The third kappa shape index (κ3) is 41.4. The number of hydrogen-bond donors (Lipinski definition) is 15. The van der Waals surface area contributed by atoms with Crippen molar-refractivity contribution in [1.82, 2.24) is 42.1 Å². The van der Waals surface area contributed by atoms with Gasteiger partial charge in [-0.15, -0.1) is 0 Å². The van der Waals surface area contributed by atoms with Crippen molar-refractivity contribution in [2.45, 2.75) is 185 Å². The van der Waals surface area contributed by atoms with Crippen molar-refractivity contribution in [1.29, 1.82) is 0 Å². The van der Waals surface area contributed by atoms with Crippen LogP contribution in [0.1, 0.15) is 155 Å². The summed E-state index contributed by atoms with van der Waals surface area (Å²) < 4.78 is 10.8. The Labute approximate surface area is 490 Å². The number of nitrogens with zero attached hydrogens (tertiary/aromatic N) is 1. The number of aliphatic hydroxyl groups is 3. The molecular weight excluding hydrogens is 1110 g/mol. The van der Waals surface area contributed by atoms with E-state index in [0.717, 1.165) is 56.3 Å². The monoisotopic (exact) mass is 1210 g/mol. The third-order valence-electron chi connectivity index (χ3n) is 13.1. The first-order chi connectivity index (χ1) is 40.0. The Balaban J connectivity index is 4.87. The molecule has 30 heteroatoms. The molecule has 8 amide bonds. The number of aliphatic hydroxyl groups excluding tert-OH is 3. The molecular formula is C54H95N9O21. The first kappa shape index (κ1) is 77.4. The van der Waals surface area contributed by atoms with E-state index in [9.17, 15) is 78.0 Å². The molecule has 0 aromatic heterocycles. The van der Waals surface area contributed by atoms with Crippen LogP contribution in [0.15, 0.2) is 0 Å². The molecule has 6 atom stereocenters. The molecule has 0 saturated carbocycles. The smallest absolute Gasteiger partial charge is 0.317 e. The molecule has 482 valence electrons. The minimum atomic E-state index is -1.87. The highest BCUT2D eigenvalue weighted by atomic mass is 16.5. The maximum atomic E-state index is 13.4. The number of carbonyl (C=O) groups is 12. The van der Waals surface area contributed by atoms with Gasteiger partial charge in [0, 0.05) is 32.4 Å². The van der Waals surface area contributed by atoms with Gasteiger partial charge in [0.2, 0.25) is 47.3 Å². The van der Waals surface area contributed by atoms with Crippen LogP contribution in [-0.2, 0) is 67.0 Å². The van der Waals surface area contributed by atoms with Gasteiger partial charge in [0.05, 0.1) is 58.6 Å². The first-order valence-electron chi connectivity index (χ1n) is 29.0. The maximum Gasteiger partial charge on any atom is 0.317 e. The number of carboxylic acid groups (broad SMARTS) is 4. The van der Waals surface area contributed by atoms with Crippen LogP contribution >= 0.6 is 0 Å². The van der Waals surface area contributed by atoms with Crippen molar-refractivity contribution >= 4 is 71.1 Å². The number of nitrogens with one attached hydrogen (secondary N) is 7. The highest BCUT2D eigenvalue weighted by molar-refractivity contribution is 5.96. The molecule has 0 aromatic carbocycles. The summed E-state index contributed by atoms with van der Waals surface area (Å²) in [5.74, 6) is -12.4. The fraction of sp³-hybridized carbons (Fsp3) is 0.778. The lowest BCUT2D eigenvalue weighted by Crippen LogP contribution is -2.60. The minimum Gasteiger partial charge on any atom is -0.481 e. The summed E-state index contributed by atoms with van der Waals surface area (Å²) in [7, 11) is 0. The van der Waals surface area contributed by atoms with Gasteiger partial charge >= 0.3 is 23.9 Å². The average molecular weight is 1210 g/mol. The maximum absolute atomic E-state index is 13.4. The van der Waals surface area contributed by atoms with Gasteiger partial charge in [-0.05, 0) is 64.3 Å². The van der Waals surface area contributed by atoms with Crippen LogP contribution in [0, 0.1) is 5.92 Å². The molecule has 0 fully saturated rings. The number of rotatable bonds is 55. The topological polar surface area (TPSA) is 478 Å². The second-order valence-corrected chi connectivity index (χ2v) is 20.4. The van der Waals surface area contributed by atoms with Gasteiger partial charge in [0.1, 0.15) is 36.8 Å². The van der Waals surface area contributed by atoms with E-state index in [4.69, 9.17) is 30.5 Å². The third-order valence-corrected chi connectivity index (χ3v) is 13.1. The molecule has 0 heterocycles. The molecule has 0 unspecified atom stereocenters. The fourth-order valence-corrected chi connectivity index (χ4v) is 8.24. The number of carbonyl (C=O) groups excluding carboxylic acids is 8. The van der Waals surface area contributed by atoms with Gasteiger partial charge < -0.3 is 88.2 Å². The summed E-state index contributed by atoms with van der Waals surface area (Å²) in [5, 5.41) is 82.5. The van der Waals surface area contributed by atoms with E-state index in [1.165, 1.54) is 39.0 Å². The van der Waals surface area contributed by atoms with Crippen molar-refractivity contribution in [3.63, 3.8) is 0 Å². The van der Waals surface area contributed by atoms with E-state index >= 15 is 0 Å². The van der Waals surface area contributed by atoms with E-state index < -0.39 is 147 Å². The number of amides is 8. The lowest BCUT2D eigenvalue weighted by atomic mass is 10.0. The average Bonchev–Trinajstić information content (AvgIpc) is 3.54. The van der Waals surface area contributed by atoms with E-state index in [1.807, 2.05) is 0 Å². The van der Waals surface area contributed by atoms with Gasteiger partial charge in [-0.3, -0.25) is 62.4 Å². The Morgan fingerprint density at radius 2 is 0.821 bits per heavy atom. The second-order valence-electron chi connectivity index (χ2n) is 20.4. The van der Waals surface area contributed by atoms with Gasteiger partial charge in [-0.25, -0.2) is 0 Å². The molecule has 0 aliphatic heterocycles. The van der Waals surface area contributed by atoms with Crippen LogP contribution in [0.25, 0.3) is 0 Å². The molecule has 0 saturated heterocycles.